The van der Waals surface area contributed by atoms with Crippen molar-refractivity contribution in [3.8, 4) is 23.3 Å². The van der Waals surface area contributed by atoms with Crippen molar-refractivity contribution in [1.82, 2.24) is 9.80 Å². The highest BCUT2D eigenvalue weighted by atomic mass is 16.6. The van der Waals surface area contributed by atoms with E-state index in [9.17, 15) is 29.7 Å². The molecule has 0 radical (unpaired) electrons. The number of imide groups is 6. The molecule has 2 aliphatic heterocycles. The Balaban J connectivity index is 1.01. The Hall–Kier alpha value is -16.5. The van der Waals surface area contributed by atoms with Crippen molar-refractivity contribution in [1.29, 1.82) is 10.5 Å². The summed E-state index contributed by atoms with van der Waals surface area (Å²) in [7, 11) is 0. The number of carbonyl (C=O) groups is 12. The van der Waals surface area contributed by atoms with Gasteiger partial charge >= 0.3 is 48.0 Å². The van der Waals surface area contributed by atoms with Crippen LogP contribution in [-0.2, 0) is 155 Å². The van der Waals surface area contributed by atoms with E-state index in [2.05, 4.69) is 0 Å². The minimum atomic E-state index is -3.14. The van der Waals surface area contributed by atoms with Gasteiger partial charge in [-0.2, -0.15) is 20.3 Å². The summed E-state index contributed by atoms with van der Waals surface area (Å²) in [5.41, 5.74) is -14.3. The molecule has 6 amide bonds. The first-order valence-electron chi connectivity index (χ1n) is 38.4. The molecule has 26 nitrogen and oxygen atoms in total. The number of aliphatic imine (C=N–C) groups is 2. The zero-order valence-corrected chi connectivity index (χ0v) is 65.6. The van der Waals surface area contributed by atoms with Crippen LogP contribution >= 0.6 is 0 Å². The number of fused-ring (bicyclic) bond motifs is 5. The SMILES string of the molecule is CC1=C(C#N)C(=O)N(C(=O)OCc2ccccc2)C(=O)C1=NC1=Cc2cc3c(cc2C1(C(=O)OCc1ccccc1)C(=O)OCc1ccccc1)-c1cc2c(cc1C3(C(=O)OCc1ccccc1)C(=O)OCc1ccccc1)C=C(N=C1C(=O)N(C(=O)OCc3ccccc3)C(=O)C(C#N)=C1C)C2(C(=O)OCc1ccccc1)C(=O)OCc1ccccc1. The highest BCUT2D eigenvalue weighted by Crippen LogP contribution is 2.59. The fourth-order valence-electron chi connectivity index (χ4n) is 15.1. The summed E-state index contributed by atoms with van der Waals surface area (Å²) in [5.74, 6) is -14.3. The Morgan fingerprint density at radius 3 is 0.748 bits per heavy atom. The second kappa shape index (κ2) is 35.0. The highest BCUT2D eigenvalue weighted by molar-refractivity contribution is 6.54. The lowest BCUT2D eigenvalue weighted by atomic mass is 9.74. The van der Waals surface area contributed by atoms with Crippen LogP contribution in [0.2, 0.25) is 0 Å². The van der Waals surface area contributed by atoms with Crippen LogP contribution < -0.4 is 0 Å². The van der Waals surface area contributed by atoms with E-state index in [4.69, 9.17) is 47.9 Å². The first kappa shape index (κ1) is 81.7. The Morgan fingerprint density at radius 1 is 0.301 bits per heavy atom. The van der Waals surface area contributed by atoms with Crippen LogP contribution in [0.5, 0.6) is 0 Å². The molecule has 0 N–H and O–H groups in total. The molecule has 606 valence electrons. The van der Waals surface area contributed by atoms with Gasteiger partial charge in [0, 0.05) is 11.1 Å². The van der Waals surface area contributed by atoms with Crippen molar-refractivity contribution in [3.05, 3.63) is 378 Å². The molecule has 2 heterocycles. The summed E-state index contributed by atoms with van der Waals surface area (Å²) in [6.45, 7) is -1.96. The van der Waals surface area contributed by atoms with Gasteiger partial charge in [0.2, 0.25) is 16.2 Å². The maximum absolute atomic E-state index is 16.7. The van der Waals surface area contributed by atoms with Gasteiger partial charge in [0.25, 0.3) is 23.6 Å². The van der Waals surface area contributed by atoms with Crippen LogP contribution in [0.3, 0.4) is 0 Å². The number of esters is 6. The standard InChI is InChI=1S/C97H68N6O20/c1-59-73(49-98)83(104)102(93(114)122-57-67-39-23-9-24-40-67)85(106)81(59)100-79-45-69-43-77-71(47-75(69)96(79,89(110)118-53-63-31-15-5-16-32-63)90(111)119-54-64-33-17-6-18-34-64)72-48-76-70(44-78(72)95(77,87(108)116-51-61-27-11-3-12-28-61)88(109)117-52-62-29-13-4-14-30-62)46-80(97(76,91(112)120-55-65-35-19-7-20-36-65)92(113)121-56-66-37-21-8-22-38-66)101-82-60(2)74(50-99)84(105)103(86(82)107)94(115)123-58-68-41-25-10-26-42-68/h3-48H,51-58H2,1-2H3. The van der Waals surface area contributed by atoms with Crippen molar-refractivity contribution in [2.45, 2.75) is 82.9 Å². The van der Waals surface area contributed by atoms with Crippen LogP contribution in [-0.4, -0.2) is 92.9 Å². The van der Waals surface area contributed by atoms with E-state index in [0.29, 0.717) is 44.5 Å². The lowest BCUT2D eigenvalue weighted by molar-refractivity contribution is -0.166. The zero-order chi connectivity index (χ0) is 86.1. The normalized spacial score (nSPS) is 15.5. The Labute approximate surface area is 702 Å². The van der Waals surface area contributed by atoms with Gasteiger partial charge in [-0.3, -0.25) is 47.9 Å². The Morgan fingerprint density at radius 2 is 0.520 bits per heavy atom. The van der Waals surface area contributed by atoms with E-state index in [-0.39, 0.29) is 43.2 Å². The fraction of sp³-hybridized carbons (Fsp3) is 0.134. The second-order valence-corrected chi connectivity index (χ2v) is 28.8. The average molecular weight is 1640 g/mol. The summed E-state index contributed by atoms with van der Waals surface area (Å²) in [6.07, 6.45) is -0.822. The first-order chi connectivity index (χ1) is 59.7. The quantitative estimate of drug-likeness (QED) is 0.0235. The van der Waals surface area contributed by atoms with Gasteiger partial charge in [-0.15, -0.1) is 0 Å². The van der Waals surface area contributed by atoms with Crippen molar-refractivity contribution in [2.24, 2.45) is 9.98 Å². The highest BCUT2D eigenvalue weighted by Gasteiger charge is 2.65. The van der Waals surface area contributed by atoms with Gasteiger partial charge in [0.15, 0.2) is 0 Å². The summed E-state index contributed by atoms with van der Waals surface area (Å²) < 4.78 is 48.9. The second-order valence-electron chi connectivity index (χ2n) is 28.8. The summed E-state index contributed by atoms with van der Waals surface area (Å²) in [6, 6.07) is 74.3. The van der Waals surface area contributed by atoms with Gasteiger partial charge in [-0.1, -0.05) is 243 Å². The fourth-order valence-corrected chi connectivity index (χ4v) is 15.1. The smallest absolute Gasteiger partial charge is 0.424 e. The van der Waals surface area contributed by atoms with E-state index < -0.39 is 197 Å². The molecule has 0 spiro atoms. The third-order valence-corrected chi connectivity index (χ3v) is 21.3. The van der Waals surface area contributed by atoms with Crippen LogP contribution in [0.1, 0.15) is 91.7 Å². The summed E-state index contributed by atoms with van der Waals surface area (Å²) >= 11 is 0. The summed E-state index contributed by atoms with van der Waals surface area (Å²) in [4.78, 5) is 197. The maximum Gasteiger partial charge on any atom is 0.424 e. The molecule has 0 saturated heterocycles. The van der Waals surface area contributed by atoms with Crippen LogP contribution in [0.25, 0.3) is 23.3 Å². The van der Waals surface area contributed by atoms with E-state index in [1.54, 1.807) is 255 Å². The van der Waals surface area contributed by atoms with Crippen molar-refractivity contribution >= 4 is 95.2 Å². The lowest BCUT2D eigenvalue weighted by Crippen LogP contribution is -2.51. The molecule has 0 aromatic heterocycles. The van der Waals surface area contributed by atoms with E-state index >= 15 is 38.4 Å². The van der Waals surface area contributed by atoms with E-state index in [1.165, 1.54) is 38.1 Å². The minimum Gasteiger partial charge on any atom is -0.459 e. The molecule has 0 saturated carbocycles. The minimum absolute atomic E-state index is 0.0366. The molecule has 10 aromatic rings. The number of nitriles is 2. The van der Waals surface area contributed by atoms with Crippen molar-refractivity contribution in [2.75, 3.05) is 0 Å². The molecule has 3 aliphatic carbocycles. The zero-order valence-electron chi connectivity index (χ0n) is 65.6. The average Bonchev–Trinajstić information content (AvgIpc) is 1.51. The van der Waals surface area contributed by atoms with E-state index in [1.807, 2.05) is 0 Å². The number of nitrogens with zero attached hydrogens (tertiary/aromatic N) is 6. The Kier molecular flexibility index (Phi) is 23.2. The maximum atomic E-state index is 16.7. The number of ether oxygens (including phenoxy) is 8. The van der Waals surface area contributed by atoms with Crippen LogP contribution in [0, 0.1) is 22.7 Å². The topological polar surface area (TPSA) is 357 Å². The molecule has 15 rings (SSSR count). The summed E-state index contributed by atoms with van der Waals surface area (Å²) in [5, 5.41) is 21.6. The largest absolute Gasteiger partial charge is 0.459 e. The molecular formula is C97H68N6O20. The number of hydrogen-bond donors (Lipinski definition) is 0. The van der Waals surface area contributed by atoms with Crippen molar-refractivity contribution in [3.63, 3.8) is 0 Å². The molecule has 0 atom stereocenters. The van der Waals surface area contributed by atoms with Crippen LogP contribution in [0.4, 0.5) is 9.59 Å². The third-order valence-electron chi connectivity index (χ3n) is 21.3. The number of rotatable bonds is 24. The van der Waals surface area contributed by atoms with Gasteiger partial charge in [-0.05, 0) is 139 Å². The third kappa shape index (κ3) is 15.3. The molecular weight excluding hydrogens is 1570 g/mol. The number of benzene rings is 10. The van der Waals surface area contributed by atoms with Gasteiger partial charge in [0.1, 0.15) is 87.6 Å². The molecule has 26 heteroatoms. The van der Waals surface area contributed by atoms with Gasteiger partial charge in [-0.25, -0.2) is 19.6 Å². The van der Waals surface area contributed by atoms with E-state index in [0.717, 1.165) is 12.2 Å². The monoisotopic (exact) mass is 1640 g/mol. The predicted octanol–water partition coefficient (Wildman–Crippen LogP) is 13.6. The number of hydrogen-bond acceptors (Lipinski definition) is 24. The molecule has 0 fully saturated rings. The lowest BCUT2D eigenvalue weighted by Gasteiger charge is -2.30. The number of carbonyl (C=O) groups excluding carboxylic acids is 12. The molecule has 123 heavy (non-hydrogen) atoms. The van der Waals surface area contributed by atoms with Crippen molar-refractivity contribution < 1.29 is 95.4 Å². The molecule has 0 unspecified atom stereocenters. The molecule has 0 bridgehead atoms. The van der Waals surface area contributed by atoms with Gasteiger partial charge in [0.05, 0.1) is 11.4 Å². The number of amides is 6. The molecule has 10 aromatic carbocycles. The molecule has 5 aliphatic rings. The van der Waals surface area contributed by atoms with Crippen LogP contribution in [0.15, 0.2) is 311 Å². The predicted molar refractivity (Wildman–Crippen MR) is 438 cm³/mol. The first-order valence-corrected chi connectivity index (χ1v) is 38.4. The Bertz CT molecular complexity index is 5820. The van der Waals surface area contributed by atoms with Gasteiger partial charge < -0.3 is 37.9 Å².